The maximum atomic E-state index is 13.8. The molecule has 1 fully saturated rings. The number of fused-ring (bicyclic) bond motifs is 1. The molecule has 1 saturated heterocycles. The molecule has 2 atom stereocenters. The van der Waals surface area contributed by atoms with Crippen LogP contribution in [0.25, 0.3) is 10.8 Å². The molecular formula is C35H36Cl3N3O2S. The van der Waals surface area contributed by atoms with E-state index < -0.39 is 10.8 Å². The highest BCUT2D eigenvalue weighted by Gasteiger charge is 2.25. The van der Waals surface area contributed by atoms with Gasteiger partial charge in [0.25, 0.3) is 5.91 Å². The smallest absolute Gasteiger partial charge is 0.254 e. The molecule has 44 heavy (non-hydrogen) atoms. The summed E-state index contributed by atoms with van der Waals surface area (Å²) >= 11 is 12.7. The van der Waals surface area contributed by atoms with Crippen LogP contribution < -0.4 is 0 Å². The fourth-order valence-electron chi connectivity index (χ4n) is 6.06. The number of nitrogens with zero attached hydrogens (tertiary/aromatic N) is 3. The van der Waals surface area contributed by atoms with E-state index in [1.807, 2.05) is 67.7 Å². The summed E-state index contributed by atoms with van der Waals surface area (Å²) < 4.78 is 11.8. The van der Waals surface area contributed by atoms with E-state index in [0.29, 0.717) is 33.6 Å². The zero-order valence-electron chi connectivity index (χ0n) is 24.8. The van der Waals surface area contributed by atoms with E-state index in [2.05, 4.69) is 23.1 Å². The molecule has 0 aliphatic carbocycles. The van der Waals surface area contributed by atoms with Gasteiger partial charge in [0.15, 0.2) is 0 Å². The zero-order chi connectivity index (χ0) is 30.5. The average Bonchev–Trinajstić information content (AvgIpc) is 3.03. The molecule has 1 heterocycles. The van der Waals surface area contributed by atoms with Crippen molar-refractivity contribution in [3.05, 3.63) is 111 Å². The predicted octanol–water partition coefficient (Wildman–Crippen LogP) is 8.30. The van der Waals surface area contributed by atoms with Crippen molar-refractivity contribution in [2.45, 2.75) is 36.0 Å². The van der Waals surface area contributed by atoms with Crippen LogP contribution in [0.1, 0.15) is 58.1 Å². The number of carbonyl (C=O) groups excluding carboxylic acids is 1. The van der Waals surface area contributed by atoms with Crippen molar-refractivity contribution >= 4 is 63.1 Å². The van der Waals surface area contributed by atoms with Crippen molar-refractivity contribution in [1.82, 2.24) is 9.80 Å². The number of benzene rings is 4. The van der Waals surface area contributed by atoms with Crippen molar-refractivity contribution in [1.29, 1.82) is 5.26 Å². The van der Waals surface area contributed by atoms with Crippen molar-refractivity contribution in [2.75, 3.05) is 39.5 Å². The second-order valence-electron chi connectivity index (χ2n) is 11.3. The van der Waals surface area contributed by atoms with Gasteiger partial charge in [-0.2, -0.15) is 5.26 Å². The van der Waals surface area contributed by atoms with Gasteiger partial charge in [-0.15, -0.1) is 12.4 Å². The largest absolute Gasteiger partial charge is 0.341 e. The van der Waals surface area contributed by atoms with Crippen LogP contribution in [0.15, 0.2) is 83.8 Å². The molecule has 0 aromatic heterocycles. The topological polar surface area (TPSA) is 64.4 Å². The minimum atomic E-state index is -0.962. The van der Waals surface area contributed by atoms with Gasteiger partial charge in [-0.05, 0) is 103 Å². The van der Waals surface area contributed by atoms with Crippen LogP contribution in [-0.2, 0) is 10.8 Å². The van der Waals surface area contributed by atoms with Gasteiger partial charge in [0.05, 0.1) is 21.7 Å². The van der Waals surface area contributed by atoms with Crippen LogP contribution in [-0.4, -0.2) is 59.4 Å². The number of likely N-dealkylation sites (N-methyl/N-ethyl adjacent to an activating group) is 1. The molecule has 0 saturated carbocycles. The molecule has 1 aliphatic rings. The van der Waals surface area contributed by atoms with Gasteiger partial charge in [0.1, 0.15) is 0 Å². The summed E-state index contributed by atoms with van der Waals surface area (Å²) in [4.78, 5) is 18.9. The van der Waals surface area contributed by atoms with Gasteiger partial charge < -0.3 is 9.80 Å². The Morgan fingerprint density at radius 1 is 1.02 bits per heavy atom. The fourth-order valence-corrected chi connectivity index (χ4v) is 6.89. The highest BCUT2D eigenvalue weighted by atomic mass is 35.5. The lowest BCUT2D eigenvalue weighted by atomic mass is 9.89. The second kappa shape index (κ2) is 15.4. The fraction of sp³-hybridized carbons (Fsp3) is 0.314. The number of likely N-dealkylation sites (tertiary alicyclic amines) is 1. The Morgan fingerprint density at radius 2 is 1.73 bits per heavy atom. The molecule has 9 heteroatoms. The quantitative estimate of drug-likeness (QED) is 0.180. The van der Waals surface area contributed by atoms with Crippen molar-refractivity contribution < 1.29 is 9.00 Å². The van der Waals surface area contributed by atoms with Crippen molar-refractivity contribution in [3.63, 3.8) is 0 Å². The summed E-state index contributed by atoms with van der Waals surface area (Å²) in [5.41, 5.74) is 3.37. The van der Waals surface area contributed by atoms with E-state index in [-0.39, 0.29) is 24.2 Å². The van der Waals surface area contributed by atoms with Crippen LogP contribution >= 0.6 is 35.6 Å². The van der Waals surface area contributed by atoms with E-state index in [4.69, 9.17) is 23.2 Å². The summed E-state index contributed by atoms with van der Waals surface area (Å²) in [5.74, 6) is 0.440. The Kier molecular flexibility index (Phi) is 11.9. The van der Waals surface area contributed by atoms with E-state index >= 15 is 0 Å². The van der Waals surface area contributed by atoms with Gasteiger partial charge in [-0.3, -0.25) is 9.00 Å². The maximum absolute atomic E-state index is 13.8. The number of rotatable bonds is 9. The first-order valence-corrected chi connectivity index (χ1v) is 16.8. The number of piperidine rings is 1. The summed E-state index contributed by atoms with van der Waals surface area (Å²) in [6.45, 7) is 3.41. The van der Waals surface area contributed by atoms with Crippen LogP contribution in [0, 0.1) is 11.3 Å². The lowest BCUT2D eigenvalue weighted by Crippen LogP contribution is -2.36. The van der Waals surface area contributed by atoms with Gasteiger partial charge in [0, 0.05) is 47.0 Å². The number of hydrogen-bond donors (Lipinski definition) is 0. The first-order chi connectivity index (χ1) is 20.7. The molecule has 0 bridgehead atoms. The highest BCUT2D eigenvalue weighted by Crippen LogP contribution is 2.32. The van der Waals surface area contributed by atoms with Crippen LogP contribution in [0.2, 0.25) is 10.0 Å². The van der Waals surface area contributed by atoms with Gasteiger partial charge in [-0.25, -0.2) is 0 Å². The lowest BCUT2D eigenvalue weighted by molar-refractivity contribution is 0.0783. The number of nitriles is 1. The van der Waals surface area contributed by atoms with Gasteiger partial charge in [-0.1, -0.05) is 65.7 Å². The molecule has 5 nitrogen and oxygen atoms in total. The van der Waals surface area contributed by atoms with Crippen LogP contribution in [0.5, 0.6) is 0 Å². The Morgan fingerprint density at radius 3 is 2.39 bits per heavy atom. The second-order valence-corrected chi connectivity index (χ2v) is 13.5. The van der Waals surface area contributed by atoms with E-state index in [0.717, 1.165) is 60.1 Å². The Hall–Kier alpha value is -2.92. The number of carbonyl (C=O) groups is 1. The third kappa shape index (κ3) is 8.02. The Bertz CT molecular complexity index is 1680. The van der Waals surface area contributed by atoms with Crippen LogP contribution in [0.4, 0.5) is 0 Å². The summed E-state index contributed by atoms with van der Waals surface area (Å²) in [5, 5.41) is 12.3. The van der Waals surface area contributed by atoms with Gasteiger partial charge >= 0.3 is 0 Å². The van der Waals surface area contributed by atoms with Crippen molar-refractivity contribution in [2.24, 2.45) is 0 Å². The average molecular weight is 669 g/mol. The Labute approximate surface area is 278 Å². The molecule has 0 spiro atoms. The van der Waals surface area contributed by atoms with Gasteiger partial charge in [0.2, 0.25) is 0 Å². The zero-order valence-corrected chi connectivity index (χ0v) is 28.0. The molecule has 5 rings (SSSR count). The number of hydrogen-bond acceptors (Lipinski definition) is 4. The first kappa shape index (κ1) is 34.0. The molecule has 1 amide bonds. The SMILES string of the molecule is CN(C[C@@H](CCN1CCC(c2ccc([S@@](C)=O)cc2)CC1)c1ccc(Cl)c(Cl)c1)C(=O)c1cc(C#N)cc2ccccc12.Cl. The van der Waals surface area contributed by atoms with E-state index in [1.165, 1.54) is 5.56 Å². The van der Waals surface area contributed by atoms with Crippen LogP contribution in [0.3, 0.4) is 0 Å². The summed E-state index contributed by atoms with van der Waals surface area (Å²) in [6.07, 6.45) is 4.72. The molecule has 230 valence electrons. The third-order valence-corrected chi connectivity index (χ3v) is 10.2. The first-order valence-electron chi connectivity index (χ1n) is 14.5. The molecular weight excluding hydrogens is 633 g/mol. The standard InChI is InChI=1S/C35H35Cl2N3O2S.ClH/c1-39(35(41)32-20-24(22-38)19-28-5-3-4-6-31(28)32)23-29(27-9-12-33(36)34(37)21-27)15-18-40-16-13-26(14-17-40)25-7-10-30(11-8-25)43(2)42;/h3-12,19-21,26,29H,13-18,23H2,1-2H3;1H/t29-,43-;/m1./s1. The highest BCUT2D eigenvalue weighted by molar-refractivity contribution is 7.84. The minimum Gasteiger partial charge on any atom is -0.341 e. The van der Waals surface area contributed by atoms with E-state index in [1.54, 1.807) is 17.2 Å². The molecule has 0 unspecified atom stereocenters. The molecule has 4 aromatic rings. The number of halogens is 3. The monoisotopic (exact) mass is 667 g/mol. The third-order valence-electron chi connectivity index (χ3n) is 8.54. The van der Waals surface area contributed by atoms with Crippen molar-refractivity contribution in [3.8, 4) is 6.07 Å². The summed E-state index contributed by atoms with van der Waals surface area (Å²) in [7, 11) is 0.863. The minimum absolute atomic E-state index is 0. The summed E-state index contributed by atoms with van der Waals surface area (Å²) in [6, 6.07) is 27.3. The van der Waals surface area contributed by atoms with E-state index in [9.17, 15) is 14.3 Å². The molecule has 0 radical (unpaired) electrons. The predicted molar refractivity (Wildman–Crippen MR) is 184 cm³/mol. The lowest BCUT2D eigenvalue weighted by Gasteiger charge is -2.34. The molecule has 1 aliphatic heterocycles. The maximum Gasteiger partial charge on any atom is 0.254 e. The number of amides is 1. The molecule has 0 N–H and O–H groups in total. The molecule has 4 aromatic carbocycles. The Balaban J connectivity index is 0.00000442. The normalized spacial score (nSPS) is 15.2.